The molecule has 0 spiro atoms. The van der Waals surface area contributed by atoms with Crippen LogP contribution in [-0.4, -0.2) is 0 Å². The Labute approximate surface area is 105 Å². The van der Waals surface area contributed by atoms with Crippen molar-refractivity contribution >= 4 is 0 Å². The van der Waals surface area contributed by atoms with E-state index in [1.807, 2.05) is 0 Å². The predicted octanol–water partition coefficient (Wildman–Crippen LogP) is 3.75. The molecule has 7 heteroatoms. The Morgan fingerprint density at radius 2 is 1.58 bits per heavy atom. The van der Waals surface area contributed by atoms with Gasteiger partial charge >= 0.3 is 6.18 Å². The molecule has 2 nitrogen and oxygen atoms in total. The summed E-state index contributed by atoms with van der Waals surface area (Å²) in [5.41, 5.74) is -3.78. The van der Waals surface area contributed by atoms with Crippen molar-refractivity contribution < 1.29 is 22.0 Å². The minimum atomic E-state index is -4.93. The van der Waals surface area contributed by atoms with Crippen molar-refractivity contribution in [2.75, 3.05) is 0 Å². The van der Waals surface area contributed by atoms with Crippen LogP contribution in [0.25, 0.3) is 0 Å². The molecule has 19 heavy (non-hydrogen) atoms. The van der Waals surface area contributed by atoms with Gasteiger partial charge in [-0.15, -0.1) is 0 Å². The highest BCUT2D eigenvalue weighted by molar-refractivity contribution is 5.50. The second-order valence-electron chi connectivity index (χ2n) is 3.90. The van der Waals surface area contributed by atoms with E-state index < -0.39 is 35.2 Å². The van der Waals surface area contributed by atoms with Gasteiger partial charge < -0.3 is 0 Å². The minimum absolute atomic E-state index is 0.203. The molecule has 0 saturated heterocycles. The van der Waals surface area contributed by atoms with Crippen molar-refractivity contribution in [1.29, 1.82) is 10.5 Å². The topological polar surface area (TPSA) is 47.6 Å². The number of hydrogen-bond acceptors (Lipinski definition) is 2. The summed E-state index contributed by atoms with van der Waals surface area (Å²) in [7, 11) is 0. The van der Waals surface area contributed by atoms with Crippen molar-refractivity contribution in [1.82, 2.24) is 0 Å². The third-order valence-electron chi connectivity index (χ3n) is 2.37. The molecule has 0 N–H and O–H groups in total. The van der Waals surface area contributed by atoms with Crippen LogP contribution in [0.15, 0.2) is 12.1 Å². The summed E-state index contributed by atoms with van der Waals surface area (Å²) in [4.78, 5) is 0. The lowest BCUT2D eigenvalue weighted by molar-refractivity contribution is -0.138. The van der Waals surface area contributed by atoms with Crippen LogP contribution in [0.5, 0.6) is 0 Å². The Bertz CT molecular complexity index is 535. The van der Waals surface area contributed by atoms with E-state index in [0.717, 1.165) is 12.1 Å². The van der Waals surface area contributed by atoms with Gasteiger partial charge in [0.15, 0.2) is 0 Å². The number of nitriles is 2. The van der Waals surface area contributed by atoms with E-state index >= 15 is 0 Å². The van der Waals surface area contributed by atoms with Crippen molar-refractivity contribution in [3.8, 4) is 12.1 Å². The Morgan fingerprint density at radius 3 is 1.95 bits per heavy atom. The molecule has 0 saturated carbocycles. The van der Waals surface area contributed by atoms with Gasteiger partial charge in [0.1, 0.15) is 6.07 Å². The lowest BCUT2D eigenvalue weighted by Crippen LogP contribution is -2.16. The molecule has 0 amide bonds. The average molecular weight is 274 g/mol. The van der Waals surface area contributed by atoms with E-state index in [4.69, 9.17) is 10.5 Å². The number of alkyl halides is 5. The Morgan fingerprint density at radius 1 is 1.05 bits per heavy atom. The molecule has 0 bridgehead atoms. The predicted molar refractivity (Wildman–Crippen MR) is 55.0 cm³/mol. The van der Waals surface area contributed by atoms with E-state index in [2.05, 4.69) is 0 Å². The fourth-order valence-electron chi connectivity index (χ4n) is 1.59. The molecule has 0 fully saturated rings. The van der Waals surface area contributed by atoms with Crippen LogP contribution in [0.1, 0.15) is 29.2 Å². The smallest absolute Gasteiger partial charge is 0.202 e. The molecule has 1 aromatic rings. The zero-order valence-electron chi connectivity index (χ0n) is 9.65. The van der Waals surface area contributed by atoms with E-state index in [1.165, 1.54) is 0 Å². The zero-order valence-corrected chi connectivity index (χ0v) is 9.65. The summed E-state index contributed by atoms with van der Waals surface area (Å²) >= 11 is 0. The van der Waals surface area contributed by atoms with Gasteiger partial charge in [-0.2, -0.15) is 23.7 Å². The maximum atomic E-state index is 13.3. The molecule has 0 aliphatic carbocycles. The van der Waals surface area contributed by atoms with Crippen molar-refractivity contribution in [2.24, 2.45) is 0 Å². The first-order chi connectivity index (χ1) is 8.61. The van der Waals surface area contributed by atoms with E-state index in [0.29, 0.717) is 13.0 Å². The van der Waals surface area contributed by atoms with E-state index in [-0.39, 0.29) is 5.56 Å². The quantitative estimate of drug-likeness (QED) is 0.771. The molecular weight excluding hydrogens is 267 g/mol. The lowest BCUT2D eigenvalue weighted by atomic mass is 9.93. The van der Waals surface area contributed by atoms with E-state index in [1.54, 1.807) is 6.07 Å². The highest BCUT2D eigenvalue weighted by Crippen LogP contribution is 2.39. The number of benzene rings is 1. The number of nitrogens with zero attached hydrogens (tertiary/aromatic N) is 2. The van der Waals surface area contributed by atoms with Gasteiger partial charge in [-0.3, -0.25) is 0 Å². The molecule has 0 radical (unpaired) electrons. The summed E-state index contributed by atoms with van der Waals surface area (Å²) in [6, 6.07) is 4.06. The van der Waals surface area contributed by atoms with Gasteiger partial charge in [0.05, 0.1) is 23.6 Å². The Hall–Kier alpha value is -2.15. The zero-order chi connectivity index (χ0) is 14.8. The van der Waals surface area contributed by atoms with Gasteiger partial charge in [0.2, 0.25) is 0 Å². The number of rotatable bonds is 2. The first-order valence-corrected chi connectivity index (χ1v) is 5.00. The van der Waals surface area contributed by atoms with Gasteiger partial charge in [0.25, 0.3) is 5.92 Å². The van der Waals surface area contributed by atoms with Gasteiger partial charge in [-0.1, -0.05) is 0 Å². The van der Waals surface area contributed by atoms with Gasteiger partial charge in [-0.05, 0) is 17.7 Å². The maximum Gasteiger partial charge on any atom is 0.417 e. The molecule has 1 rings (SSSR count). The van der Waals surface area contributed by atoms with E-state index in [9.17, 15) is 22.0 Å². The van der Waals surface area contributed by atoms with Crippen molar-refractivity contribution in [3.05, 3.63) is 34.4 Å². The molecule has 0 aliphatic rings. The first kappa shape index (κ1) is 14.9. The standard InChI is InChI=1S/C12H7F5N2/c1-11(13,14)9-4-7(2-3-18)5-10(8(9)6-19)12(15,16)17/h4-5H,2H2,1H3. The van der Waals surface area contributed by atoms with Gasteiger partial charge in [0, 0.05) is 12.5 Å². The lowest BCUT2D eigenvalue weighted by Gasteiger charge is -2.18. The van der Waals surface area contributed by atoms with Crippen LogP contribution in [0.2, 0.25) is 0 Å². The molecule has 0 aliphatic heterocycles. The van der Waals surface area contributed by atoms with Crippen LogP contribution in [-0.2, 0) is 18.5 Å². The fraction of sp³-hybridized carbons (Fsp3) is 0.333. The second-order valence-corrected chi connectivity index (χ2v) is 3.90. The minimum Gasteiger partial charge on any atom is -0.202 e. The third kappa shape index (κ3) is 3.19. The molecule has 0 aromatic heterocycles. The summed E-state index contributed by atoms with van der Waals surface area (Å²) < 4.78 is 64.8. The highest BCUT2D eigenvalue weighted by Gasteiger charge is 2.39. The summed E-state index contributed by atoms with van der Waals surface area (Å²) in [6.07, 6.45) is -5.38. The molecule has 100 valence electrons. The summed E-state index contributed by atoms with van der Waals surface area (Å²) in [5, 5.41) is 17.1. The third-order valence-corrected chi connectivity index (χ3v) is 2.37. The van der Waals surface area contributed by atoms with Crippen molar-refractivity contribution in [2.45, 2.75) is 25.4 Å². The summed E-state index contributed by atoms with van der Waals surface area (Å²) in [5.74, 6) is -3.60. The average Bonchev–Trinajstić information content (AvgIpc) is 2.26. The highest BCUT2D eigenvalue weighted by atomic mass is 19.4. The summed E-state index contributed by atoms with van der Waals surface area (Å²) in [6.45, 7) is 0.402. The number of hydrogen-bond donors (Lipinski definition) is 0. The van der Waals surface area contributed by atoms with Crippen molar-refractivity contribution in [3.63, 3.8) is 0 Å². The fourth-order valence-corrected chi connectivity index (χ4v) is 1.59. The van der Waals surface area contributed by atoms with Crippen LogP contribution >= 0.6 is 0 Å². The number of halogens is 5. The molecule has 1 aromatic carbocycles. The van der Waals surface area contributed by atoms with Gasteiger partial charge in [-0.25, -0.2) is 8.78 Å². The molecule has 0 heterocycles. The SMILES string of the molecule is CC(F)(F)c1cc(CC#N)cc(C(F)(F)F)c1C#N. The second kappa shape index (κ2) is 4.85. The van der Waals surface area contributed by atoms with Crippen LogP contribution in [0.3, 0.4) is 0 Å². The monoisotopic (exact) mass is 274 g/mol. The molecule has 0 atom stereocenters. The first-order valence-electron chi connectivity index (χ1n) is 5.00. The molecule has 0 unspecified atom stereocenters. The Balaban J connectivity index is 3.69. The largest absolute Gasteiger partial charge is 0.417 e. The molecular formula is C12H7F5N2. The van der Waals surface area contributed by atoms with Crippen LogP contribution < -0.4 is 0 Å². The van der Waals surface area contributed by atoms with Crippen LogP contribution in [0.4, 0.5) is 22.0 Å². The Kier molecular flexibility index (Phi) is 3.80. The normalized spacial score (nSPS) is 11.8. The van der Waals surface area contributed by atoms with Crippen LogP contribution in [0, 0.1) is 22.7 Å². The maximum absolute atomic E-state index is 13.3.